The van der Waals surface area contributed by atoms with Crippen molar-refractivity contribution in [2.24, 2.45) is 0 Å². The van der Waals surface area contributed by atoms with E-state index in [1.807, 2.05) is 0 Å². The molecule has 9 nitrogen and oxygen atoms in total. The van der Waals surface area contributed by atoms with Crippen LogP contribution in [0.5, 0.6) is 11.5 Å². The molecule has 254 valence electrons. The molecule has 48 heavy (non-hydrogen) atoms. The van der Waals surface area contributed by atoms with Crippen molar-refractivity contribution in [2.75, 3.05) is 13.7 Å². The summed E-state index contributed by atoms with van der Waals surface area (Å²) >= 11 is 6.07. The van der Waals surface area contributed by atoms with Gasteiger partial charge in [-0.2, -0.15) is 8.78 Å². The zero-order valence-electron chi connectivity index (χ0n) is 26.2. The summed E-state index contributed by atoms with van der Waals surface area (Å²) in [6.45, 7) is 3.57. The number of ketones is 1. The molecule has 0 bridgehead atoms. The summed E-state index contributed by atoms with van der Waals surface area (Å²) in [4.78, 5) is 53.4. The number of amides is 1. The fourth-order valence-electron chi connectivity index (χ4n) is 4.96. The summed E-state index contributed by atoms with van der Waals surface area (Å²) < 4.78 is 72.6. The van der Waals surface area contributed by atoms with Crippen molar-refractivity contribution in [1.82, 2.24) is 9.88 Å². The molecule has 0 spiro atoms. The standard InChI is InChI=1S/C34H31ClF4N2O7/c1-5-26(41-13-12-18-6-9-20(35)14-22(18)33(41)45)32(44)40-25(27(42)17-47-31-29(38)23(36)15-24(37)30(31)39)16-28(43)48-34(2,3)19-7-10-21(46-4)11-8-19/h6-15,25-26H,5,16-17H2,1-4H3,(H,40,44)/t25?,26-/m0/s1. The van der Waals surface area contributed by atoms with Crippen LogP contribution in [0.2, 0.25) is 5.02 Å². The number of benzene rings is 3. The summed E-state index contributed by atoms with van der Waals surface area (Å²) in [5.74, 6) is -11.2. The van der Waals surface area contributed by atoms with Gasteiger partial charge in [-0.05, 0) is 61.5 Å². The Morgan fingerprint density at radius 3 is 2.21 bits per heavy atom. The van der Waals surface area contributed by atoms with E-state index < -0.39 is 82.9 Å². The van der Waals surface area contributed by atoms with E-state index in [1.54, 1.807) is 63.2 Å². The predicted octanol–water partition coefficient (Wildman–Crippen LogP) is 6.17. The first kappa shape index (κ1) is 35.9. The van der Waals surface area contributed by atoms with Gasteiger partial charge in [-0.25, -0.2) is 8.78 Å². The number of hydrogen-bond acceptors (Lipinski definition) is 7. The third kappa shape index (κ3) is 7.96. The zero-order chi connectivity index (χ0) is 35.3. The summed E-state index contributed by atoms with van der Waals surface area (Å²) in [6.07, 6.45) is 0.666. The second-order valence-corrected chi connectivity index (χ2v) is 11.7. The van der Waals surface area contributed by atoms with E-state index in [9.17, 15) is 36.7 Å². The Labute approximate surface area is 277 Å². The van der Waals surface area contributed by atoms with Crippen LogP contribution in [0.4, 0.5) is 17.6 Å². The highest BCUT2D eigenvalue weighted by atomic mass is 35.5. The van der Waals surface area contributed by atoms with E-state index in [0.29, 0.717) is 21.7 Å². The lowest BCUT2D eigenvalue weighted by Gasteiger charge is -2.27. The Morgan fingerprint density at radius 2 is 1.60 bits per heavy atom. The van der Waals surface area contributed by atoms with Crippen LogP contribution >= 0.6 is 11.6 Å². The van der Waals surface area contributed by atoms with E-state index in [1.165, 1.54) is 19.4 Å². The first-order valence-corrected chi connectivity index (χ1v) is 15.0. The van der Waals surface area contributed by atoms with Crippen LogP contribution in [-0.4, -0.2) is 42.0 Å². The van der Waals surface area contributed by atoms with Gasteiger partial charge >= 0.3 is 5.97 Å². The smallest absolute Gasteiger partial charge is 0.309 e. The molecular formula is C34H31ClF4N2O7. The highest BCUT2D eigenvalue weighted by Gasteiger charge is 2.33. The Kier molecular flexibility index (Phi) is 11.1. The maximum atomic E-state index is 14.2. The molecule has 1 heterocycles. The molecule has 14 heteroatoms. The maximum Gasteiger partial charge on any atom is 0.309 e. The minimum Gasteiger partial charge on any atom is -0.497 e. The number of esters is 1. The quantitative estimate of drug-likeness (QED) is 0.101. The molecule has 0 aliphatic heterocycles. The van der Waals surface area contributed by atoms with Gasteiger partial charge in [-0.3, -0.25) is 19.2 Å². The van der Waals surface area contributed by atoms with Crippen molar-refractivity contribution < 1.29 is 46.2 Å². The lowest BCUT2D eigenvalue weighted by molar-refractivity contribution is -0.159. The van der Waals surface area contributed by atoms with Gasteiger partial charge in [0.2, 0.25) is 17.5 Å². The molecular weight excluding hydrogens is 660 g/mol. The molecule has 1 amide bonds. The van der Waals surface area contributed by atoms with Crippen LogP contribution in [0.1, 0.15) is 45.2 Å². The van der Waals surface area contributed by atoms with Gasteiger partial charge in [-0.15, -0.1) is 0 Å². The van der Waals surface area contributed by atoms with Gasteiger partial charge in [-0.1, -0.05) is 36.7 Å². The molecule has 1 unspecified atom stereocenters. The molecule has 1 N–H and O–H groups in total. The van der Waals surface area contributed by atoms with Crippen LogP contribution in [0, 0.1) is 23.3 Å². The monoisotopic (exact) mass is 690 g/mol. The van der Waals surface area contributed by atoms with Crippen LogP contribution in [0.3, 0.4) is 0 Å². The number of halogens is 5. The predicted molar refractivity (Wildman–Crippen MR) is 168 cm³/mol. The Balaban J connectivity index is 1.61. The molecule has 4 rings (SSSR count). The normalized spacial score (nSPS) is 12.7. The number of rotatable bonds is 13. The third-order valence-electron chi connectivity index (χ3n) is 7.58. The molecule has 4 aromatic rings. The highest BCUT2D eigenvalue weighted by molar-refractivity contribution is 6.31. The van der Waals surface area contributed by atoms with Crippen molar-refractivity contribution in [1.29, 1.82) is 0 Å². The number of hydrogen-bond donors (Lipinski definition) is 1. The van der Waals surface area contributed by atoms with Crippen LogP contribution < -0.4 is 20.3 Å². The maximum absolute atomic E-state index is 14.2. The van der Waals surface area contributed by atoms with E-state index in [0.717, 1.165) is 4.57 Å². The number of Topliss-reactive ketones (excluding diaryl/α,β-unsaturated/α-hetero) is 1. The zero-order valence-corrected chi connectivity index (χ0v) is 27.0. The first-order chi connectivity index (χ1) is 22.7. The van der Waals surface area contributed by atoms with Gasteiger partial charge in [0.1, 0.15) is 30.0 Å². The number of methoxy groups -OCH3 is 1. The molecule has 0 radical (unpaired) electrons. The largest absolute Gasteiger partial charge is 0.497 e. The first-order valence-electron chi connectivity index (χ1n) is 14.6. The number of fused-ring (bicyclic) bond motifs is 1. The Hall–Kier alpha value is -4.91. The minimum absolute atomic E-state index is 0.0312. The fraction of sp³-hybridized carbons (Fsp3) is 0.294. The molecule has 0 saturated carbocycles. The van der Waals surface area contributed by atoms with Crippen molar-refractivity contribution in [3.63, 3.8) is 0 Å². The number of carbonyl (C=O) groups is 3. The summed E-state index contributed by atoms with van der Waals surface area (Å²) in [7, 11) is 1.48. The van der Waals surface area contributed by atoms with Gasteiger partial charge in [0.05, 0.1) is 13.5 Å². The van der Waals surface area contributed by atoms with E-state index >= 15 is 0 Å². The highest BCUT2D eigenvalue weighted by Crippen LogP contribution is 2.29. The molecule has 0 saturated heterocycles. The SMILES string of the molecule is CC[C@@H](C(=O)NC(CC(=O)OC(C)(C)c1ccc(OC)cc1)C(=O)COc1c(F)c(F)cc(F)c1F)n1ccc2ccc(Cl)cc2c1=O. The Morgan fingerprint density at radius 1 is 0.958 bits per heavy atom. The number of pyridine rings is 1. The third-order valence-corrected chi connectivity index (χ3v) is 7.82. The van der Waals surface area contributed by atoms with Crippen molar-refractivity contribution in [3.05, 3.63) is 105 Å². The fourth-order valence-corrected chi connectivity index (χ4v) is 5.13. The van der Waals surface area contributed by atoms with Gasteiger partial charge in [0.15, 0.2) is 23.2 Å². The van der Waals surface area contributed by atoms with Gasteiger partial charge in [0.25, 0.3) is 5.56 Å². The topological polar surface area (TPSA) is 113 Å². The minimum atomic E-state index is -1.88. The second-order valence-electron chi connectivity index (χ2n) is 11.2. The average Bonchev–Trinajstić information content (AvgIpc) is 3.04. The van der Waals surface area contributed by atoms with E-state index in [4.69, 9.17) is 25.8 Å². The molecule has 0 fully saturated rings. The average molecular weight is 691 g/mol. The number of aromatic nitrogens is 1. The second kappa shape index (κ2) is 14.9. The number of ether oxygens (including phenoxy) is 3. The molecule has 1 aromatic heterocycles. The summed E-state index contributed by atoms with van der Waals surface area (Å²) in [5, 5.41) is 3.50. The summed E-state index contributed by atoms with van der Waals surface area (Å²) in [6, 6.07) is 9.95. The number of nitrogens with zero attached hydrogens (tertiary/aromatic N) is 1. The van der Waals surface area contributed by atoms with Crippen molar-refractivity contribution in [3.8, 4) is 11.5 Å². The summed E-state index contributed by atoms with van der Waals surface area (Å²) in [5.41, 5.74) is -1.22. The molecule has 3 aromatic carbocycles. The Bertz CT molecular complexity index is 1890. The van der Waals surface area contributed by atoms with Crippen molar-refractivity contribution >= 4 is 40.0 Å². The number of nitrogens with one attached hydrogen (secondary N) is 1. The molecule has 2 atom stereocenters. The van der Waals surface area contributed by atoms with Crippen LogP contribution in [0.15, 0.2) is 65.6 Å². The number of carbonyl (C=O) groups excluding carboxylic acids is 3. The van der Waals surface area contributed by atoms with E-state index in [-0.39, 0.29) is 17.9 Å². The van der Waals surface area contributed by atoms with Gasteiger partial charge < -0.3 is 24.1 Å². The van der Waals surface area contributed by atoms with Crippen LogP contribution in [-0.2, 0) is 24.7 Å². The van der Waals surface area contributed by atoms with Crippen molar-refractivity contribution in [2.45, 2.75) is 51.3 Å². The molecule has 0 aliphatic carbocycles. The lowest BCUT2D eigenvalue weighted by Crippen LogP contribution is -2.48. The lowest BCUT2D eigenvalue weighted by atomic mass is 9.97. The molecule has 0 aliphatic rings. The van der Waals surface area contributed by atoms with Crippen LogP contribution in [0.25, 0.3) is 10.8 Å². The van der Waals surface area contributed by atoms with Gasteiger partial charge in [0, 0.05) is 22.7 Å². The van der Waals surface area contributed by atoms with E-state index in [2.05, 4.69) is 5.32 Å².